The van der Waals surface area contributed by atoms with Crippen molar-refractivity contribution in [2.24, 2.45) is 0 Å². The number of hydrogen-bond donors (Lipinski definition) is 2. The lowest BCUT2D eigenvalue weighted by Crippen LogP contribution is -2.49. The molecular formula is C31H37N3O2. The highest BCUT2D eigenvalue weighted by Crippen LogP contribution is 2.26. The number of nitrogens with zero attached hydrogens (tertiary/aromatic N) is 2. The van der Waals surface area contributed by atoms with Gasteiger partial charge in [0.25, 0.3) is 5.91 Å². The van der Waals surface area contributed by atoms with Crippen LogP contribution in [0.1, 0.15) is 47.2 Å². The van der Waals surface area contributed by atoms with Crippen LogP contribution in [0.25, 0.3) is 11.1 Å². The lowest BCUT2D eigenvalue weighted by Gasteiger charge is -2.41. The Bertz CT molecular complexity index is 1160. The van der Waals surface area contributed by atoms with Crippen LogP contribution in [-0.2, 0) is 6.54 Å². The quantitative estimate of drug-likeness (QED) is 0.497. The number of aliphatic hydroxyl groups excluding tert-OH is 1. The van der Waals surface area contributed by atoms with Crippen LogP contribution < -0.4 is 5.32 Å². The van der Waals surface area contributed by atoms with Gasteiger partial charge in [0.15, 0.2) is 0 Å². The molecule has 0 unspecified atom stereocenters. The highest BCUT2D eigenvalue weighted by Gasteiger charge is 2.30. The molecule has 2 fully saturated rings. The van der Waals surface area contributed by atoms with E-state index in [1.165, 1.54) is 16.7 Å². The Balaban J connectivity index is 1.20. The molecule has 2 heterocycles. The van der Waals surface area contributed by atoms with Crippen molar-refractivity contribution in [1.82, 2.24) is 9.80 Å². The van der Waals surface area contributed by atoms with Crippen LogP contribution in [0, 0.1) is 6.92 Å². The lowest BCUT2D eigenvalue weighted by molar-refractivity contribution is 0.0357. The number of carbonyl (C=O) groups is 1. The van der Waals surface area contributed by atoms with Crippen LogP contribution >= 0.6 is 0 Å². The third kappa shape index (κ3) is 5.63. The average Bonchev–Trinajstić information content (AvgIpc) is 2.93. The molecule has 0 atom stereocenters. The van der Waals surface area contributed by atoms with Gasteiger partial charge in [-0.15, -0.1) is 0 Å². The highest BCUT2D eigenvalue weighted by atomic mass is 16.3. The van der Waals surface area contributed by atoms with Gasteiger partial charge in [0.2, 0.25) is 0 Å². The number of anilines is 1. The standard InChI is InChI=1S/C31H37N3O2/c1-23-29(31(36)34-17-13-27(14-18-34)33-19-15-28(35)16-20-33)11-6-12-30(23)32-22-24-7-5-10-26(21-24)25-8-3-2-4-9-25/h2-12,21,27-28,32,35H,13-20,22H2,1H3. The van der Waals surface area contributed by atoms with Crippen LogP contribution in [0.3, 0.4) is 0 Å². The number of carbonyl (C=O) groups excluding carboxylic acids is 1. The molecule has 2 aliphatic rings. The topological polar surface area (TPSA) is 55.8 Å². The number of piperidine rings is 2. The van der Waals surface area contributed by atoms with Gasteiger partial charge in [0, 0.05) is 50.0 Å². The number of nitrogens with one attached hydrogen (secondary N) is 1. The molecule has 2 aliphatic heterocycles. The summed E-state index contributed by atoms with van der Waals surface area (Å²) in [5.41, 5.74) is 6.43. The Morgan fingerprint density at radius 1 is 0.861 bits per heavy atom. The number of amides is 1. The molecule has 5 heteroatoms. The first kappa shape index (κ1) is 24.5. The number of rotatable bonds is 6. The van der Waals surface area contributed by atoms with E-state index in [2.05, 4.69) is 64.8 Å². The van der Waals surface area contributed by atoms with Gasteiger partial charge in [-0.3, -0.25) is 4.79 Å². The molecule has 1 amide bonds. The lowest BCUT2D eigenvalue weighted by atomic mass is 9.97. The van der Waals surface area contributed by atoms with E-state index < -0.39 is 0 Å². The van der Waals surface area contributed by atoms with Crippen LogP contribution in [0.15, 0.2) is 72.8 Å². The van der Waals surface area contributed by atoms with Gasteiger partial charge in [-0.2, -0.15) is 0 Å². The predicted octanol–water partition coefficient (Wildman–Crippen LogP) is 5.34. The second kappa shape index (κ2) is 11.3. The SMILES string of the molecule is Cc1c(NCc2cccc(-c3ccccc3)c2)cccc1C(=O)N1CCC(N2CCC(O)CC2)CC1. The summed E-state index contributed by atoms with van der Waals surface area (Å²) in [5, 5.41) is 13.4. The second-order valence-corrected chi connectivity index (χ2v) is 10.2. The van der Waals surface area contributed by atoms with E-state index in [0.717, 1.165) is 68.7 Å². The molecular weight excluding hydrogens is 446 g/mol. The van der Waals surface area contributed by atoms with E-state index in [4.69, 9.17) is 0 Å². The van der Waals surface area contributed by atoms with E-state index in [9.17, 15) is 9.90 Å². The first-order valence-electron chi connectivity index (χ1n) is 13.3. The number of benzene rings is 3. The van der Waals surface area contributed by atoms with E-state index in [1.807, 2.05) is 30.0 Å². The summed E-state index contributed by atoms with van der Waals surface area (Å²) in [6, 6.07) is 25.5. The Hall–Kier alpha value is -3.15. The molecule has 0 spiro atoms. The maximum absolute atomic E-state index is 13.4. The minimum atomic E-state index is -0.139. The maximum atomic E-state index is 13.4. The van der Waals surface area contributed by atoms with Crippen LogP contribution in [0.4, 0.5) is 5.69 Å². The zero-order valence-corrected chi connectivity index (χ0v) is 21.2. The molecule has 5 rings (SSSR count). The van der Waals surface area contributed by atoms with E-state index >= 15 is 0 Å². The molecule has 0 aliphatic carbocycles. The fourth-order valence-corrected chi connectivity index (χ4v) is 5.60. The molecule has 2 saturated heterocycles. The van der Waals surface area contributed by atoms with Gasteiger partial charge < -0.3 is 20.2 Å². The van der Waals surface area contributed by atoms with Crippen molar-refractivity contribution in [2.75, 3.05) is 31.5 Å². The molecule has 3 aromatic rings. The van der Waals surface area contributed by atoms with Crippen LogP contribution in [-0.4, -0.2) is 59.1 Å². The minimum Gasteiger partial charge on any atom is -0.393 e. The first-order chi connectivity index (χ1) is 17.6. The van der Waals surface area contributed by atoms with Gasteiger partial charge in [-0.05, 0) is 73.1 Å². The fraction of sp³-hybridized carbons (Fsp3) is 0.387. The highest BCUT2D eigenvalue weighted by molar-refractivity contribution is 5.97. The van der Waals surface area contributed by atoms with Crippen LogP contribution in [0.5, 0.6) is 0 Å². The molecule has 188 valence electrons. The van der Waals surface area contributed by atoms with Crippen molar-refractivity contribution in [3.63, 3.8) is 0 Å². The van der Waals surface area contributed by atoms with Crippen LogP contribution in [0.2, 0.25) is 0 Å². The Kier molecular flexibility index (Phi) is 7.69. The van der Waals surface area contributed by atoms with Crippen molar-refractivity contribution < 1.29 is 9.90 Å². The monoisotopic (exact) mass is 483 g/mol. The largest absolute Gasteiger partial charge is 0.393 e. The van der Waals surface area contributed by atoms with Gasteiger partial charge >= 0.3 is 0 Å². The van der Waals surface area contributed by atoms with E-state index in [-0.39, 0.29) is 12.0 Å². The summed E-state index contributed by atoms with van der Waals surface area (Å²) < 4.78 is 0. The smallest absolute Gasteiger partial charge is 0.254 e. The fourth-order valence-electron chi connectivity index (χ4n) is 5.60. The Morgan fingerprint density at radius 2 is 1.56 bits per heavy atom. The Labute approximate surface area is 214 Å². The number of likely N-dealkylation sites (tertiary alicyclic amines) is 2. The first-order valence-corrected chi connectivity index (χ1v) is 13.3. The zero-order valence-electron chi connectivity index (χ0n) is 21.2. The summed E-state index contributed by atoms with van der Waals surface area (Å²) in [6.07, 6.45) is 3.62. The molecule has 0 bridgehead atoms. The zero-order chi connectivity index (χ0) is 24.9. The number of aliphatic hydroxyl groups is 1. The molecule has 0 saturated carbocycles. The molecule has 2 N–H and O–H groups in total. The van der Waals surface area contributed by atoms with Crippen molar-refractivity contribution in [3.05, 3.63) is 89.5 Å². The third-order valence-corrected chi connectivity index (χ3v) is 7.85. The Morgan fingerprint density at radius 3 is 2.31 bits per heavy atom. The van der Waals surface area contributed by atoms with Gasteiger partial charge in [0.05, 0.1) is 6.10 Å². The summed E-state index contributed by atoms with van der Waals surface area (Å²) in [7, 11) is 0. The van der Waals surface area contributed by atoms with Crippen molar-refractivity contribution in [1.29, 1.82) is 0 Å². The molecule has 3 aromatic carbocycles. The normalized spacial score (nSPS) is 17.8. The van der Waals surface area contributed by atoms with Crippen molar-refractivity contribution in [3.8, 4) is 11.1 Å². The summed E-state index contributed by atoms with van der Waals surface area (Å²) in [6.45, 7) is 6.29. The van der Waals surface area contributed by atoms with Gasteiger partial charge in [-0.25, -0.2) is 0 Å². The molecule has 36 heavy (non-hydrogen) atoms. The second-order valence-electron chi connectivity index (χ2n) is 10.2. The summed E-state index contributed by atoms with van der Waals surface area (Å²) in [4.78, 5) is 18.0. The molecule has 0 aromatic heterocycles. The summed E-state index contributed by atoms with van der Waals surface area (Å²) >= 11 is 0. The van der Waals surface area contributed by atoms with Crippen molar-refractivity contribution >= 4 is 11.6 Å². The average molecular weight is 484 g/mol. The van der Waals surface area contributed by atoms with Gasteiger partial charge in [-0.1, -0.05) is 54.6 Å². The molecule has 5 nitrogen and oxygen atoms in total. The third-order valence-electron chi connectivity index (χ3n) is 7.85. The van der Waals surface area contributed by atoms with E-state index in [0.29, 0.717) is 12.6 Å². The minimum absolute atomic E-state index is 0.134. The maximum Gasteiger partial charge on any atom is 0.254 e. The van der Waals surface area contributed by atoms with Gasteiger partial charge in [0.1, 0.15) is 0 Å². The number of hydrogen-bond acceptors (Lipinski definition) is 4. The van der Waals surface area contributed by atoms with E-state index in [1.54, 1.807) is 0 Å². The predicted molar refractivity (Wildman–Crippen MR) is 146 cm³/mol. The summed E-state index contributed by atoms with van der Waals surface area (Å²) in [5.74, 6) is 0.134. The molecule has 0 radical (unpaired) electrons. The van der Waals surface area contributed by atoms with Crippen molar-refractivity contribution in [2.45, 2.75) is 51.3 Å².